The van der Waals surface area contributed by atoms with Crippen LogP contribution in [0.15, 0.2) is 217 Å². The number of hydrogen-bond acceptors (Lipinski definition) is 6. The van der Waals surface area contributed by atoms with Crippen LogP contribution in [0.25, 0.3) is 78.4 Å². The third-order valence-corrected chi connectivity index (χ3v) is 13.2. The molecule has 0 N–H and O–H groups in total. The van der Waals surface area contributed by atoms with Gasteiger partial charge >= 0.3 is 0 Å². The Morgan fingerprint density at radius 3 is 1.60 bits per heavy atom. The summed E-state index contributed by atoms with van der Waals surface area (Å²) in [4.78, 5) is 17.1. The Balaban J connectivity index is 0.972. The monoisotopic (exact) mass is 829 g/mol. The average molecular weight is 830 g/mol. The molecule has 6 nitrogen and oxygen atoms in total. The molecular weight excluding hydrogens is 795 g/mol. The Hall–Kier alpha value is -8.92. The molecule has 3 heterocycles. The van der Waals surface area contributed by atoms with Crippen molar-refractivity contribution in [3.05, 3.63) is 240 Å². The van der Waals surface area contributed by atoms with Crippen molar-refractivity contribution in [1.29, 1.82) is 5.26 Å². The topological polar surface area (TPSA) is 78.8 Å². The van der Waals surface area contributed by atoms with E-state index < -0.39 is 5.41 Å². The van der Waals surface area contributed by atoms with Crippen molar-refractivity contribution in [1.82, 2.24) is 15.0 Å². The first-order chi connectivity index (χ1) is 32.2. The van der Waals surface area contributed by atoms with Gasteiger partial charge in [0.1, 0.15) is 17.2 Å². The lowest BCUT2D eigenvalue weighted by Crippen LogP contribution is -2.36. The minimum absolute atomic E-state index is 0.496. The summed E-state index contributed by atoms with van der Waals surface area (Å²) in [6.45, 7) is 0. The van der Waals surface area contributed by atoms with Gasteiger partial charge in [0.2, 0.25) is 0 Å². The largest absolute Gasteiger partial charge is 0.456 e. The summed E-state index contributed by atoms with van der Waals surface area (Å²) >= 11 is 0. The van der Waals surface area contributed by atoms with Gasteiger partial charge in [-0.15, -0.1) is 0 Å². The number of rotatable bonds is 5. The van der Waals surface area contributed by atoms with Gasteiger partial charge in [0.15, 0.2) is 17.5 Å². The lowest BCUT2D eigenvalue weighted by atomic mass is 9.64. The van der Waals surface area contributed by atoms with Gasteiger partial charge in [-0.25, -0.2) is 15.0 Å². The predicted molar refractivity (Wildman–Crippen MR) is 259 cm³/mol. The van der Waals surface area contributed by atoms with Crippen LogP contribution in [-0.2, 0) is 5.41 Å². The van der Waals surface area contributed by atoms with E-state index in [0.29, 0.717) is 23.0 Å². The van der Waals surface area contributed by atoms with Gasteiger partial charge in [-0.3, -0.25) is 0 Å². The Labute approximate surface area is 375 Å². The highest BCUT2D eigenvalue weighted by atomic mass is 16.3. The first-order valence-corrected chi connectivity index (χ1v) is 21.7. The van der Waals surface area contributed by atoms with E-state index in [4.69, 9.17) is 19.4 Å². The van der Waals surface area contributed by atoms with Crippen molar-refractivity contribution in [3.8, 4) is 62.5 Å². The maximum atomic E-state index is 11.0. The van der Waals surface area contributed by atoms with E-state index in [0.717, 1.165) is 77.9 Å². The van der Waals surface area contributed by atoms with E-state index in [2.05, 4.69) is 132 Å². The van der Waals surface area contributed by atoms with Gasteiger partial charge in [0, 0.05) is 27.5 Å². The fraction of sp³-hybridized carbons (Fsp3) is 0.0169. The minimum Gasteiger partial charge on any atom is -0.456 e. The average Bonchev–Trinajstić information content (AvgIpc) is 3.90. The Morgan fingerprint density at radius 1 is 0.385 bits per heavy atom. The molecule has 1 aliphatic carbocycles. The van der Waals surface area contributed by atoms with E-state index in [1.807, 2.05) is 91.0 Å². The summed E-state index contributed by atoms with van der Waals surface area (Å²) in [5.41, 5.74) is 16.4. The van der Waals surface area contributed by atoms with Crippen LogP contribution in [0.3, 0.4) is 0 Å². The molecule has 0 unspecified atom stereocenters. The first kappa shape index (κ1) is 36.7. The van der Waals surface area contributed by atoms with Crippen molar-refractivity contribution in [2.75, 3.05) is 4.90 Å². The second-order valence-electron chi connectivity index (χ2n) is 16.6. The van der Waals surface area contributed by atoms with Crippen LogP contribution in [0.4, 0.5) is 17.1 Å². The molecule has 13 rings (SSSR count). The minimum atomic E-state index is -0.627. The van der Waals surface area contributed by atoms with Gasteiger partial charge in [-0.05, 0) is 99.1 Å². The summed E-state index contributed by atoms with van der Waals surface area (Å²) in [5, 5.41) is 13.3. The molecule has 302 valence electrons. The fourth-order valence-electron chi connectivity index (χ4n) is 10.4. The highest BCUT2D eigenvalue weighted by Gasteiger charge is 2.51. The van der Waals surface area contributed by atoms with E-state index in [-0.39, 0.29) is 0 Å². The molecular formula is C59H35N5O. The number of aromatic nitrogens is 3. The number of hydrogen-bond donors (Lipinski definition) is 0. The number of anilines is 3. The summed E-state index contributed by atoms with van der Waals surface area (Å²) in [7, 11) is 0. The fourth-order valence-corrected chi connectivity index (χ4v) is 10.4. The third-order valence-electron chi connectivity index (χ3n) is 13.2. The van der Waals surface area contributed by atoms with Crippen molar-refractivity contribution < 1.29 is 4.42 Å². The van der Waals surface area contributed by atoms with Crippen molar-refractivity contribution >= 4 is 39.0 Å². The summed E-state index contributed by atoms with van der Waals surface area (Å²) in [6, 6.07) is 76.3. The van der Waals surface area contributed by atoms with Crippen LogP contribution in [0.5, 0.6) is 0 Å². The second kappa shape index (κ2) is 14.3. The highest BCUT2D eigenvalue weighted by molar-refractivity contribution is 6.06. The van der Waals surface area contributed by atoms with Gasteiger partial charge in [0.25, 0.3) is 0 Å². The Bertz CT molecular complexity index is 3650. The molecule has 0 saturated heterocycles. The normalized spacial score (nSPS) is 13.0. The lowest BCUT2D eigenvalue weighted by Gasteiger charge is -2.45. The standard InChI is InChI=1S/C59H35N5O/c60-36-42-33-41(58-62-56(37-15-3-1-4-16-37)61-57(63-58)38-17-5-2-6-18-38)28-31-51(42)64-52-24-12-10-22-49(52)59(50-23-11-13-25-53(50)64)47-21-9-7-19-43(47)45-34-39(27-30-48(45)59)40-29-32-55-46(35-40)44-20-8-14-26-54(44)65-55/h1-35H. The van der Waals surface area contributed by atoms with E-state index in [1.54, 1.807) is 0 Å². The number of para-hydroxylation sites is 3. The molecule has 9 aromatic carbocycles. The summed E-state index contributed by atoms with van der Waals surface area (Å²) in [5.74, 6) is 1.63. The molecule has 2 aliphatic rings. The SMILES string of the molecule is N#Cc1cc(-c2nc(-c3ccccc3)nc(-c3ccccc3)n2)ccc1N1c2ccccc2C2(c3ccccc3-c3cc(-c4ccc5oc6ccccc6c5c4)ccc32)c2ccccc21. The number of nitrogens with zero attached hydrogens (tertiary/aromatic N) is 5. The summed E-state index contributed by atoms with van der Waals surface area (Å²) < 4.78 is 6.20. The molecule has 0 saturated carbocycles. The molecule has 0 radical (unpaired) electrons. The van der Waals surface area contributed by atoms with Gasteiger partial charge in [-0.2, -0.15) is 5.26 Å². The van der Waals surface area contributed by atoms with Crippen LogP contribution in [0.2, 0.25) is 0 Å². The van der Waals surface area contributed by atoms with Crippen LogP contribution < -0.4 is 4.90 Å². The van der Waals surface area contributed by atoms with Gasteiger partial charge in [0.05, 0.1) is 28.0 Å². The lowest BCUT2D eigenvalue weighted by molar-refractivity contribution is 0.669. The van der Waals surface area contributed by atoms with Crippen molar-refractivity contribution in [2.45, 2.75) is 5.41 Å². The van der Waals surface area contributed by atoms with E-state index in [1.165, 1.54) is 22.3 Å². The van der Waals surface area contributed by atoms with E-state index in [9.17, 15) is 5.26 Å². The van der Waals surface area contributed by atoms with Crippen molar-refractivity contribution in [2.24, 2.45) is 0 Å². The quantitative estimate of drug-likeness (QED) is 0.172. The van der Waals surface area contributed by atoms with Crippen molar-refractivity contribution in [3.63, 3.8) is 0 Å². The van der Waals surface area contributed by atoms with Crippen LogP contribution >= 0.6 is 0 Å². The van der Waals surface area contributed by atoms with Crippen LogP contribution in [0, 0.1) is 11.3 Å². The summed E-state index contributed by atoms with van der Waals surface area (Å²) in [6.07, 6.45) is 0. The molecule has 1 spiro atoms. The molecule has 1 aliphatic heterocycles. The van der Waals surface area contributed by atoms with Crippen LogP contribution in [-0.4, -0.2) is 15.0 Å². The van der Waals surface area contributed by atoms with E-state index >= 15 is 0 Å². The predicted octanol–water partition coefficient (Wildman–Crippen LogP) is 14.5. The maximum Gasteiger partial charge on any atom is 0.164 e. The zero-order valence-electron chi connectivity index (χ0n) is 34.9. The zero-order chi connectivity index (χ0) is 43.1. The number of fused-ring (bicyclic) bond motifs is 12. The molecule has 65 heavy (non-hydrogen) atoms. The molecule has 0 fully saturated rings. The Morgan fingerprint density at radius 2 is 0.908 bits per heavy atom. The second-order valence-corrected chi connectivity index (χ2v) is 16.6. The molecule has 0 bridgehead atoms. The third kappa shape index (κ3) is 5.49. The van der Waals surface area contributed by atoms with Gasteiger partial charge in [-0.1, -0.05) is 158 Å². The number of furan rings is 1. The Kier molecular flexibility index (Phi) is 8.08. The number of benzene rings is 9. The smallest absolute Gasteiger partial charge is 0.164 e. The number of nitriles is 1. The highest BCUT2D eigenvalue weighted by Crippen LogP contribution is 2.63. The molecule has 2 aromatic heterocycles. The molecule has 0 atom stereocenters. The van der Waals surface area contributed by atoms with Crippen LogP contribution in [0.1, 0.15) is 27.8 Å². The maximum absolute atomic E-state index is 11.0. The molecule has 0 amide bonds. The zero-order valence-corrected chi connectivity index (χ0v) is 34.9. The first-order valence-electron chi connectivity index (χ1n) is 21.7. The van der Waals surface area contributed by atoms with Gasteiger partial charge < -0.3 is 9.32 Å². The molecule has 6 heteroatoms. The molecule has 11 aromatic rings.